The molecule has 1 fully saturated rings. The quantitative estimate of drug-likeness (QED) is 0.286. The van der Waals surface area contributed by atoms with Crippen LogP contribution in [0.4, 0.5) is 4.39 Å². The Labute approximate surface area is 186 Å². The molecule has 0 bridgehead atoms. The van der Waals surface area contributed by atoms with Gasteiger partial charge in [0.25, 0.3) is 0 Å². The average Bonchev–Trinajstić information content (AvgIpc) is 3.25. The minimum absolute atomic E-state index is 0.115. The van der Waals surface area contributed by atoms with Crippen LogP contribution in [0.2, 0.25) is 0 Å². The number of hydrogen-bond acceptors (Lipinski definition) is 3. The lowest BCUT2D eigenvalue weighted by molar-refractivity contribution is -0.118. The van der Waals surface area contributed by atoms with Crippen molar-refractivity contribution < 1.29 is 9.18 Å². The highest BCUT2D eigenvalue weighted by molar-refractivity contribution is 7.98. The van der Waals surface area contributed by atoms with Crippen molar-refractivity contribution in [3.05, 3.63) is 53.1 Å². The Hall–Kier alpha value is -1.55. The van der Waals surface area contributed by atoms with Crippen LogP contribution < -0.4 is 5.32 Å². The number of carbonyl (C=O) groups is 1. The second kappa shape index (κ2) is 12.3. The molecule has 1 unspecified atom stereocenters. The first-order chi connectivity index (χ1) is 14.4. The molecule has 0 heterocycles. The van der Waals surface area contributed by atoms with Crippen LogP contribution in [0, 0.1) is 11.8 Å². The maximum Gasteiger partial charge on any atom is 0.184 e. The Morgan fingerprint density at radius 3 is 2.37 bits per heavy atom. The van der Waals surface area contributed by atoms with E-state index in [9.17, 15) is 9.18 Å². The van der Waals surface area contributed by atoms with Crippen molar-refractivity contribution in [3.8, 4) is 0 Å². The van der Waals surface area contributed by atoms with E-state index in [4.69, 9.17) is 0 Å². The van der Waals surface area contributed by atoms with Gasteiger partial charge in [-0.15, -0.1) is 11.8 Å². The molecule has 0 saturated heterocycles. The van der Waals surface area contributed by atoms with Gasteiger partial charge in [-0.1, -0.05) is 71.1 Å². The highest BCUT2D eigenvalue weighted by Gasteiger charge is 2.27. The molecule has 1 aliphatic rings. The maximum atomic E-state index is 14.4. The van der Waals surface area contributed by atoms with Crippen LogP contribution in [-0.4, -0.2) is 12.0 Å². The van der Waals surface area contributed by atoms with Crippen molar-refractivity contribution in [2.45, 2.75) is 83.5 Å². The Bertz CT molecular complexity index is 741. The van der Waals surface area contributed by atoms with Crippen LogP contribution in [0.25, 0.3) is 0 Å². The fourth-order valence-electron chi connectivity index (χ4n) is 4.19. The molecule has 1 aliphatic carbocycles. The number of hydrogen-bond donors (Lipinski definition) is 1. The molecule has 166 valence electrons. The number of allylic oxidation sites excluding steroid dienone is 4. The van der Waals surface area contributed by atoms with Gasteiger partial charge in [-0.25, -0.2) is 4.39 Å². The summed E-state index contributed by atoms with van der Waals surface area (Å²) in [6.07, 6.45) is 12.3. The number of ketones is 1. The van der Waals surface area contributed by atoms with Gasteiger partial charge in [0.2, 0.25) is 0 Å². The zero-order chi connectivity index (χ0) is 22.1. The number of Topliss-reactive ketones (excluding diaryl/α,β-unsaturated/α-hetero) is 1. The highest BCUT2D eigenvalue weighted by Crippen LogP contribution is 2.38. The molecule has 1 saturated carbocycles. The van der Waals surface area contributed by atoms with Crippen LogP contribution in [-0.2, 0) is 4.79 Å². The SMILES string of the molecule is CCC/C=C(/N/C(C(=O)C(C)C)=C(\C)F)C(CC1CCCC1)c1ccc(SC)cc1. The smallest absolute Gasteiger partial charge is 0.184 e. The lowest BCUT2D eigenvalue weighted by Gasteiger charge is -2.27. The van der Waals surface area contributed by atoms with Gasteiger partial charge in [0.05, 0.1) is 0 Å². The summed E-state index contributed by atoms with van der Waals surface area (Å²) < 4.78 is 14.4. The Morgan fingerprint density at radius 2 is 1.87 bits per heavy atom. The number of benzene rings is 1. The van der Waals surface area contributed by atoms with Gasteiger partial charge < -0.3 is 5.32 Å². The van der Waals surface area contributed by atoms with Crippen molar-refractivity contribution in [3.63, 3.8) is 0 Å². The standard InChI is InChI=1S/C26H38FNOS/c1-6-7-12-24(28-25(19(4)27)26(29)18(2)3)23(17-20-10-8-9-11-20)21-13-15-22(30-5)16-14-21/h12-16,18,20,23,28H,6-11,17H2,1-5H3/b24-12+,25-19+. The summed E-state index contributed by atoms with van der Waals surface area (Å²) in [6.45, 7) is 7.15. The van der Waals surface area contributed by atoms with E-state index in [0.29, 0.717) is 5.92 Å². The fraction of sp³-hybridized carbons (Fsp3) is 0.577. The van der Waals surface area contributed by atoms with Crippen LogP contribution >= 0.6 is 11.8 Å². The molecule has 1 aromatic carbocycles. The van der Waals surface area contributed by atoms with E-state index in [1.807, 2.05) is 13.8 Å². The first kappa shape index (κ1) is 24.7. The number of nitrogens with one attached hydrogen (secondary N) is 1. The monoisotopic (exact) mass is 431 g/mol. The normalized spacial score (nSPS) is 17.2. The highest BCUT2D eigenvalue weighted by atomic mass is 32.2. The van der Waals surface area contributed by atoms with Crippen LogP contribution in [0.3, 0.4) is 0 Å². The molecule has 1 N–H and O–H groups in total. The number of halogens is 1. The Morgan fingerprint density at radius 1 is 1.23 bits per heavy atom. The van der Waals surface area contributed by atoms with Gasteiger partial charge in [0.1, 0.15) is 11.5 Å². The molecular weight excluding hydrogens is 393 g/mol. The van der Waals surface area contributed by atoms with Crippen molar-refractivity contribution in [1.29, 1.82) is 0 Å². The average molecular weight is 432 g/mol. The van der Waals surface area contributed by atoms with Gasteiger partial charge in [0, 0.05) is 22.4 Å². The Balaban J connectivity index is 2.43. The first-order valence-electron chi connectivity index (χ1n) is 11.4. The second-order valence-corrected chi connectivity index (χ2v) is 9.59. The molecule has 30 heavy (non-hydrogen) atoms. The summed E-state index contributed by atoms with van der Waals surface area (Å²) in [6, 6.07) is 8.72. The lowest BCUT2D eigenvalue weighted by Crippen LogP contribution is -2.28. The number of rotatable bonds is 11. The topological polar surface area (TPSA) is 29.1 Å². The van der Waals surface area contributed by atoms with E-state index in [1.165, 1.54) is 43.1 Å². The molecule has 0 aromatic heterocycles. The summed E-state index contributed by atoms with van der Waals surface area (Å²) in [4.78, 5) is 13.9. The third-order valence-corrected chi connectivity index (χ3v) is 6.72. The molecule has 4 heteroatoms. The summed E-state index contributed by atoms with van der Waals surface area (Å²) in [5.74, 6) is -0.0328. The third-order valence-electron chi connectivity index (χ3n) is 5.97. The van der Waals surface area contributed by atoms with E-state index in [-0.39, 0.29) is 23.3 Å². The van der Waals surface area contributed by atoms with Crippen LogP contribution in [0.15, 0.2) is 52.5 Å². The fourth-order valence-corrected chi connectivity index (χ4v) is 4.60. The van der Waals surface area contributed by atoms with E-state index >= 15 is 0 Å². The predicted molar refractivity (Wildman–Crippen MR) is 127 cm³/mol. The van der Waals surface area contributed by atoms with Gasteiger partial charge in [-0.05, 0) is 49.6 Å². The zero-order valence-corrected chi connectivity index (χ0v) is 20.1. The molecule has 0 spiro atoms. The second-order valence-electron chi connectivity index (χ2n) is 8.71. The molecule has 1 atom stereocenters. The van der Waals surface area contributed by atoms with Crippen molar-refractivity contribution in [2.24, 2.45) is 11.8 Å². The third kappa shape index (κ3) is 7.01. The van der Waals surface area contributed by atoms with Gasteiger partial charge in [-0.2, -0.15) is 0 Å². The van der Waals surface area contributed by atoms with Gasteiger partial charge in [-0.3, -0.25) is 4.79 Å². The lowest BCUT2D eigenvalue weighted by atomic mass is 9.84. The molecule has 0 aliphatic heterocycles. The summed E-state index contributed by atoms with van der Waals surface area (Å²) in [5.41, 5.74) is 2.33. The molecule has 0 amide bonds. The maximum absolute atomic E-state index is 14.4. The molecule has 0 radical (unpaired) electrons. The minimum Gasteiger partial charge on any atom is -0.354 e. The van der Waals surface area contributed by atoms with Gasteiger partial charge >= 0.3 is 0 Å². The molecule has 2 rings (SSSR count). The van der Waals surface area contributed by atoms with E-state index in [0.717, 1.165) is 25.0 Å². The Kier molecular flexibility index (Phi) is 10.2. The first-order valence-corrected chi connectivity index (χ1v) is 12.6. The molecule has 1 aromatic rings. The van der Waals surface area contributed by atoms with Crippen molar-refractivity contribution in [2.75, 3.05) is 6.26 Å². The minimum atomic E-state index is -0.437. The summed E-state index contributed by atoms with van der Waals surface area (Å²) in [7, 11) is 0. The summed E-state index contributed by atoms with van der Waals surface area (Å²) >= 11 is 1.73. The number of thioether (sulfide) groups is 1. The largest absolute Gasteiger partial charge is 0.354 e. The molecular formula is C26H38FNOS. The van der Waals surface area contributed by atoms with Crippen molar-refractivity contribution >= 4 is 17.5 Å². The van der Waals surface area contributed by atoms with Crippen molar-refractivity contribution in [1.82, 2.24) is 5.32 Å². The van der Waals surface area contributed by atoms with Gasteiger partial charge in [0.15, 0.2) is 5.78 Å². The van der Waals surface area contributed by atoms with Crippen LogP contribution in [0.1, 0.15) is 84.1 Å². The summed E-state index contributed by atoms with van der Waals surface area (Å²) in [5, 5.41) is 3.28. The molecule has 2 nitrogen and oxygen atoms in total. The predicted octanol–water partition coefficient (Wildman–Crippen LogP) is 7.77. The van der Waals surface area contributed by atoms with E-state index in [1.54, 1.807) is 11.8 Å². The number of unbranched alkanes of at least 4 members (excludes halogenated alkanes) is 1. The van der Waals surface area contributed by atoms with Crippen LogP contribution in [0.5, 0.6) is 0 Å². The number of carbonyl (C=O) groups excluding carboxylic acids is 1. The van der Waals surface area contributed by atoms with E-state index in [2.05, 4.69) is 48.8 Å². The van der Waals surface area contributed by atoms with E-state index < -0.39 is 5.83 Å². The zero-order valence-electron chi connectivity index (χ0n) is 19.3.